The molecule has 3 heterocycles. The third-order valence-corrected chi connectivity index (χ3v) is 8.22. The molecule has 1 aliphatic heterocycles. The van der Waals surface area contributed by atoms with Gasteiger partial charge in [-0.2, -0.15) is 4.31 Å². The van der Waals surface area contributed by atoms with Gasteiger partial charge in [0.2, 0.25) is 5.91 Å². The Morgan fingerprint density at radius 1 is 1.28 bits per heavy atom. The maximum absolute atomic E-state index is 12.8. The summed E-state index contributed by atoms with van der Waals surface area (Å²) in [6.45, 7) is 0.269. The molecule has 1 N–H and O–H groups in total. The van der Waals surface area contributed by atoms with E-state index < -0.39 is 22.0 Å². The van der Waals surface area contributed by atoms with E-state index in [-0.39, 0.29) is 22.7 Å². The molecule has 0 aliphatic carbocycles. The summed E-state index contributed by atoms with van der Waals surface area (Å²) in [5, 5.41) is 12.6. The Bertz CT molecular complexity index is 1150. The van der Waals surface area contributed by atoms with Crippen LogP contribution in [0.3, 0.4) is 0 Å². The van der Waals surface area contributed by atoms with Crippen molar-refractivity contribution in [1.29, 1.82) is 0 Å². The van der Waals surface area contributed by atoms with Crippen LogP contribution in [0.2, 0.25) is 10.0 Å². The monoisotopic (exact) mass is 472 g/mol. The van der Waals surface area contributed by atoms with Crippen LogP contribution in [0.4, 0.5) is 6.01 Å². The number of rotatable bonds is 5. The molecule has 29 heavy (non-hydrogen) atoms. The molecule has 1 saturated heterocycles. The van der Waals surface area contributed by atoms with Crippen molar-refractivity contribution in [3.8, 4) is 11.5 Å². The van der Waals surface area contributed by atoms with Gasteiger partial charge in [0.15, 0.2) is 0 Å². The highest BCUT2D eigenvalue weighted by Gasteiger charge is 2.40. The topological polar surface area (TPSA) is 105 Å². The predicted octanol–water partition coefficient (Wildman–Crippen LogP) is 3.90. The molecule has 0 bridgehead atoms. The maximum atomic E-state index is 12.8. The first kappa shape index (κ1) is 20.3. The fraction of sp³-hybridized carbons (Fsp3) is 0.235. The van der Waals surface area contributed by atoms with Crippen LogP contribution < -0.4 is 5.32 Å². The number of amides is 1. The Balaban J connectivity index is 1.52. The molecule has 152 valence electrons. The van der Waals surface area contributed by atoms with E-state index in [2.05, 4.69) is 15.5 Å². The number of sulfonamides is 1. The average molecular weight is 473 g/mol. The number of anilines is 1. The molecule has 1 aliphatic rings. The largest absolute Gasteiger partial charge is 0.403 e. The van der Waals surface area contributed by atoms with Gasteiger partial charge in [-0.3, -0.25) is 10.1 Å². The number of hydrogen-bond acceptors (Lipinski definition) is 7. The number of thiophene rings is 1. The summed E-state index contributed by atoms with van der Waals surface area (Å²) in [6.07, 6.45) is 0.980. The number of benzene rings is 1. The van der Waals surface area contributed by atoms with Gasteiger partial charge in [-0.1, -0.05) is 34.4 Å². The SMILES string of the molecule is O=C(Nc1nnc(-c2cc(Cl)ccc2Cl)o1)C1CCCN1S(=O)(=O)c1cccs1. The van der Waals surface area contributed by atoms with Gasteiger partial charge in [0.05, 0.1) is 10.6 Å². The first-order valence-corrected chi connectivity index (χ1v) is 11.6. The van der Waals surface area contributed by atoms with Crippen molar-refractivity contribution in [3.63, 3.8) is 0 Å². The van der Waals surface area contributed by atoms with Crippen LogP contribution in [0.5, 0.6) is 0 Å². The van der Waals surface area contributed by atoms with E-state index in [1.165, 1.54) is 10.4 Å². The minimum Gasteiger partial charge on any atom is -0.403 e. The standard InChI is InChI=1S/C17H14Cl2N4O4S2/c18-10-5-6-12(19)11(9-10)16-21-22-17(27-16)20-15(24)13-3-1-7-23(13)29(25,26)14-4-2-8-28-14/h2,4-6,8-9,13H,1,3,7H2,(H,20,22,24). The Kier molecular flexibility index (Phi) is 5.63. The summed E-state index contributed by atoms with van der Waals surface area (Å²) in [7, 11) is -3.74. The number of nitrogens with zero attached hydrogens (tertiary/aromatic N) is 3. The Labute approximate surface area is 180 Å². The zero-order valence-electron chi connectivity index (χ0n) is 14.7. The first-order valence-electron chi connectivity index (χ1n) is 8.51. The smallest absolute Gasteiger partial charge is 0.322 e. The van der Waals surface area contributed by atoms with Crippen LogP contribution in [-0.2, 0) is 14.8 Å². The summed E-state index contributed by atoms with van der Waals surface area (Å²) >= 11 is 13.2. The van der Waals surface area contributed by atoms with Gasteiger partial charge in [0.25, 0.3) is 15.9 Å². The molecule has 1 unspecified atom stereocenters. The molecule has 2 aromatic heterocycles. The molecule has 0 spiro atoms. The highest BCUT2D eigenvalue weighted by atomic mass is 35.5. The van der Waals surface area contributed by atoms with E-state index in [1.807, 2.05) is 0 Å². The quantitative estimate of drug-likeness (QED) is 0.603. The molecule has 12 heteroatoms. The Hall–Kier alpha value is -1.98. The number of halogens is 2. The number of carbonyl (C=O) groups excluding carboxylic acids is 1. The third-order valence-electron chi connectivity index (χ3n) is 4.38. The van der Waals surface area contributed by atoms with Gasteiger partial charge in [0, 0.05) is 11.6 Å². The minimum atomic E-state index is -3.74. The van der Waals surface area contributed by atoms with Crippen molar-refractivity contribution in [2.75, 3.05) is 11.9 Å². The molecule has 1 atom stereocenters. The lowest BCUT2D eigenvalue weighted by atomic mass is 10.2. The zero-order chi connectivity index (χ0) is 20.6. The van der Waals surface area contributed by atoms with Gasteiger partial charge in [0.1, 0.15) is 10.3 Å². The molecule has 1 fully saturated rings. The molecule has 0 saturated carbocycles. The fourth-order valence-electron chi connectivity index (χ4n) is 3.05. The lowest BCUT2D eigenvalue weighted by Crippen LogP contribution is -2.42. The second-order valence-corrected chi connectivity index (χ2v) is 10.1. The number of hydrogen-bond donors (Lipinski definition) is 1. The van der Waals surface area contributed by atoms with E-state index in [4.69, 9.17) is 27.6 Å². The van der Waals surface area contributed by atoms with Crippen LogP contribution in [-0.4, -0.2) is 41.4 Å². The van der Waals surface area contributed by atoms with Gasteiger partial charge < -0.3 is 4.42 Å². The van der Waals surface area contributed by atoms with Crippen molar-refractivity contribution < 1.29 is 17.6 Å². The van der Waals surface area contributed by atoms with Crippen molar-refractivity contribution in [2.45, 2.75) is 23.1 Å². The van der Waals surface area contributed by atoms with Crippen LogP contribution in [0.25, 0.3) is 11.5 Å². The Morgan fingerprint density at radius 2 is 2.10 bits per heavy atom. The molecule has 4 rings (SSSR count). The fourth-order valence-corrected chi connectivity index (χ4v) is 6.19. The van der Waals surface area contributed by atoms with Crippen molar-refractivity contribution in [3.05, 3.63) is 45.8 Å². The van der Waals surface area contributed by atoms with Gasteiger partial charge in [-0.05, 0) is 42.5 Å². The third kappa shape index (κ3) is 4.03. The zero-order valence-corrected chi connectivity index (χ0v) is 17.9. The lowest BCUT2D eigenvalue weighted by Gasteiger charge is -2.21. The molecule has 0 radical (unpaired) electrons. The van der Waals surface area contributed by atoms with Crippen molar-refractivity contribution >= 4 is 56.5 Å². The van der Waals surface area contributed by atoms with E-state index in [9.17, 15) is 13.2 Å². The molecule has 8 nitrogen and oxygen atoms in total. The van der Waals surface area contributed by atoms with Crippen molar-refractivity contribution in [2.24, 2.45) is 0 Å². The maximum Gasteiger partial charge on any atom is 0.322 e. The first-order chi connectivity index (χ1) is 13.9. The highest BCUT2D eigenvalue weighted by molar-refractivity contribution is 7.91. The average Bonchev–Trinajstić information content (AvgIpc) is 3.45. The van der Waals surface area contributed by atoms with Crippen LogP contribution >= 0.6 is 34.5 Å². The molecule has 1 amide bonds. The van der Waals surface area contributed by atoms with Crippen LogP contribution in [0.1, 0.15) is 12.8 Å². The number of carbonyl (C=O) groups is 1. The summed E-state index contributed by atoms with van der Waals surface area (Å²) in [5.74, 6) is -0.447. The normalized spacial score (nSPS) is 17.5. The number of aromatic nitrogens is 2. The Morgan fingerprint density at radius 3 is 2.86 bits per heavy atom. The minimum absolute atomic E-state index is 0.0854. The molecular formula is C17H14Cl2N4O4S2. The van der Waals surface area contributed by atoms with Crippen LogP contribution in [0.15, 0.2) is 44.3 Å². The van der Waals surface area contributed by atoms with Gasteiger partial charge >= 0.3 is 6.01 Å². The summed E-state index contributed by atoms with van der Waals surface area (Å²) in [5.41, 5.74) is 0.426. The second-order valence-electron chi connectivity index (χ2n) is 6.23. The summed E-state index contributed by atoms with van der Waals surface area (Å²) < 4.78 is 32.5. The summed E-state index contributed by atoms with van der Waals surface area (Å²) in [4.78, 5) is 12.7. The lowest BCUT2D eigenvalue weighted by molar-refractivity contribution is -0.119. The summed E-state index contributed by atoms with van der Waals surface area (Å²) in [6, 6.07) is 6.95. The molecule has 1 aromatic carbocycles. The van der Waals surface area contributed by atoms with E-state index in [0.29, 0.717) is 28.5 Å². The van der Waals surface area contributed by atoms with Gasteiger partial charge in [-0.25, -0.2) is 8.42 Å². The molecular weight excluding hydrogens is 459 g/mol. The van der Waals surface area contributed by atoms with Crippen molar-refractivity contribution in [1.82, 2.24) is 14.5 Å². The van der Waals surface area contributed by atoms with Crippen LogP contribution in [0, 0.1) is 0 Å². The van der Waals surface area contributed by atoms with E-state index in [1.54, 1.807) is 29.6 Å². The van der Waals surface area contributed by atoms with Gasteiger partial charge in [-0.15, -0.1) is 16.4 Å². The van der Waals surface area contributed by atoms with E-state index in [0.717, 1.165) is 11.3 Å². The predicted molar refractivity (Wildman–Crippen MR) is 110 cm³/mol. The number of nitrogens with one attached hydrogen (secondary N) is 1. The van der Waals surface area contributed by atoms with E-state index >= 15 is 0 Å². The second kappa shape index (κ2) is 8.04. The highest BCUT2D eigenvalue weighted by Crippen LogP contribution is 2.31. The molecule has 3 aromatic rings.